The Morgan fingerprint density at radius 2 is 2.20 bits per heavy atom. The highest BCUT2D eigenvalue weighted by Crippen LogP contribution is 2.20. The molecule has 0 aliphatic carbocycles. The van der Waals surface area contributed by atoms with E-state index in [1.165, 1.54) is 0 Å². The van der Waals surface area contributed by atoms with E-state index >= 15 is 0 Å². The summed E-state index contributed by atoms with van der Waals surface area (Å²) in [5.74, 6) is 0. The first-order valence-corrected chi connectivity index (χ1v) is 5.59. The van der Waals surface area contributed by atoms with Crippen molar-refractivity contribution in [3.63, 3.8) is 0 Å². The molecule has 0 saturated heterocycles. The van der Waals surface area contributed by atoms with Crippen molar-refractivity contribution in [2.45, 2.75) is 20.4 Å². The van der Waals surface area contributed by atoms with Gasteiger partial charge in [-0.25, -0.2) is 4.79 Å². The molecule has 0 spiro atoms. The van der Waals surface area contributed by atoms with Gasteiger partial charge in [0.25, 0.3) is 0 Å². The van der Waals surface area contributed by atoms with Gasteiger partial charge < -0.3 is 0 Å². The van der Waals surface area contributed by atoms with Gasteiger partial charge in [0.15, 0.2) is 0 Å². The highest BCUT2D eigenvalue weighted by Gasteiger charge is 2.06. The Bertz CT molecular complexity index is 575. The number of halogens is 1. The molecule has 0 aliphatic rings. The van der Waals surface area contributed by atoms with Gasteiger partial charge in [-0.3, -0.25) is 4.57 Å². The predicted molar refractivity (Wildman–Crippen MR) is 64.1 cm³/mol. The van der Waals surface area contributed by atoms with Crippen LogP contribution in [-0.4, -0.2) is 9.55 Å². The minimum Gasteiger partial charge on any atom is -0.292 e. The molecule has 0 atom stereocenters. The predicted octanol–water partition coefficient (Wildman–Crippen LogP) is 2.49. The van der Waals surface area contributed by atoms with Crippen molar-refractivity contribution < 1.29 is 0 Å². The van der Waals surface area contributed by atoms with Gasteiger partial charge in [0.2, 0.25) is 0 Å². The largest absolute Gasteiger partial charge is 0.348 e. The molecule has 15 heavy (non-hydrogen) atoms. The van der Waals surface area contributed by atoms with Gasteiger partial charge in [-0.15, -0.1) is 0 Å². The van der Waals surface area contributed by atoms with Gasteiger partial charge in [-0.1, -0.05) is 15.9 Å². The van der Waals surface area contributed by atoms with Gasteiger partial charge in [-0.2, -0.15) is 4.98 Å². The number of nitrogens with zero attached hydrogens (tertiary/aromatic N) is 2. The van der Waals surface area contributed by atoms with E-state index in [1.807, 2.05) is 32.0 Å². The normalized spacial score (nSPS) is 10.9. The second-order valence-corrected chi connectivity index (χ2v) is 4.30. The molecule has 1 aromatic carbocycles. The molecule has 0 unspecified atom stereocenters. The van der Waals surface area contributed by atoms with E-state index in [1.54, 1.807) is 4.57 Å². The lowest BCUT2D eigenvalue weighted by atomic mass is 10.2. The van der Waals surface area contributed by atoms with E-state index in [4.69, 9.17) is 0 Å². The van der Waals surface area contributed by atoms with Crippen molar-refractivity contribution in [2.24, 2.45) is 0 Å². The number of rotatable bonds is 1. The number of aromatic nitrogens is 2. The van der Waals surface area contributed by atoms with Crippen LogP contribution in [0.25, 0.3) is 10.9 Å². The first-order valence-electron chi connectivity index (χ1n) is 4.80. The van der Waals surface area contributed by atoms with E-state index in [0.717, 1.165) is 21.1 Å². The van der Waals surface area contributed by atoms with Crippen LogP contribution in [0.15, 0.2) is 27.5 Å². The van der Waals surface area contributed by atoms with Crippen molar-refractivity contribution in [1.29, 1.82) is 0 Å². The molecule has 2 rings (SSSR count). The molecule has 0 amide bonds. The van der Waals surface area contributed by atoms with Gasteiger partial charge in [0, 0.05) is 16.4 Å². The average molecular weight is 267 g/mol. The number of hydrogen-bond acceptors (Lipinski definition) is 2. The number of benzene rings is 1. The molecule has 0 saturated carbocycles. The van der Waals surface area contributed by atoms with Crippen LogP contribution in [0.2, 0.25) is 0 Å². The second kappa shape index (κ2) is 3.77. The number of aryl methyl sites for hydroxylation is 2. The summed E-state index contributed by atoms with van der Waals surface area (Å²) >= 11 is 3.42. The maximum atomic E-state index is 11.6. The van der Waals surface area contributed by atoms with Gasteiger partial charge in [-0.05, 0) is 32.0 Å². The molecule has 0 aliphatic heterocycles. The Kier molecular flexibility index (Phi) is 2.61. The summed E-state index contributed by atoms with van der Waals surface area (Å²) in [4.78, 5) is 15.6. The highest BCUT2D eigenvalue weighted by molar-refractivity contribution is 9.10. The minimum absolute atomic E-state index is 0.176. The third-order valence-corrected chi connectivity index (χ3v) is 2.94. The third kappa shape index (κ3) is 1.69. The maximum Gasteiger partial charge on any atom is 0.348 e. The maximum absolute atomic E-state index is 11.6. The number of fused-ring (bicyclic) bond motifs is 1. The van der Waals surface area contributed by atoms with E-state index < -0.39 is 0 Å². The first-order chi connectivity index (χ1) is 7.13. The summed E-state index contributed by atoms with van der Waals surface area (Å²) in [5.41, 5.74) is 1.55. The SMILES string of the molecule is CCn1c(=O)nc(C)c2cc(Br)ccc21. The van der Waals surface area contributed by atoms with Crippen LogP contribution in [0.1, 0.15) is 12.6 Å². The van der Waals surface area contributed by atoms with Crippen LogP contribution in [0.5, 0.6) is 0 Å². The standard InChI is InChI=1S/C11H11BrN2O/c1-3-14-10-5-4-8(12)6-9(10)7(2)13-11(14)15/h4-6H,3H2,1-2H3. The quantitative estimate of drug-likeness (QED) is 0.795. The lowest BCUT2D eigenvalue weighted by molar-refractivity contribution is 0.727. The Morgan fingerprint density at radius 1 is 1.47 bits per heavy atom. The van der Waals surface area contributed by atoms with Crippen LogP contribution < -0.4 is 5.69 Å². The van der Waals surface area contributed by atoms with Crippen molar-refractivity contribution >= 4 is 26.8 Å². The Morgan fingerprint density at radius 3 is 2.87 bits per heavy atom. The third-order valence-electron chi connectivity index (χ3n) is 2.45. The summed E-state index contributed by atoms with van der Waals surface area (Å²) in [6.45, 7) is 4.44. The van der Waals surface area contributed by atoms with Crippen LogP contribution in [0, 0.1) is 6.92 Å². The summed E-state index contributed by atoms with van der Waals surface area (Å²) in [6, 6.07) is 5.87. The summed E-state index contributed by atoms with van der Waals surface area (Å²) in [7, 11) is 0. The van der Waals surface area contributed by atoms with Crippen LogP contribution in [0.4, 0.5) is 0 Å². The fourth-order valence-corrected chi connectivity index (χ4v) is 2.07. The van der Waals surface area contributed by atoms with Gasteiger partial charge in [0.1, 0.15) is 0 Å². The Hall–Kier alpha value is -1.16. The molecule has 0 fully saturated rings. The smallest absolute Gasteiger partial charge is 0.292 e. The molecule has 1 heterocycles. The number of hydrogen-bond donors (Lipinski definition) is 0. The molecule has 0 N–H and O–H groups in total. The van der Waals surface area contributed by atoms with Gasteiger partial charge in [0.05, 0.1) is 11.2 Å². The molecule has 78 valence electrons. The fourth-order valence-electron chi connectivity index (χ4n) is 1.71. The average Bonchev–Trinajstić information content (AvgIpc) is 2.19. The molecule has 4 heteroatoms. The Balaban J connectivity index is 2.96. The van der Waals surface area contributed by atoms with Gasteiger partial charge >= 0.3 is 5.69 Å². The second-order valence-electron chi connectivity index (χ2n) is 3.39. The van der Waals surface area contributed by atoms with Crippen molar-refractivity contribution in [1.82, 2.24) is 9.55 Å². The van der Waals surface area contributed by atoms with E-state index in [2.05, 4.69) is 20.9 Å². The molecule has 1 aromatic heterocycles. The highest BCUT2D eigenvalue weighted by atomic mass is 79.9. The van der Waals surface area contributed by atoms with Crippen LogP contribution >= 0.6 is 15.9 Å². The summed E-state index contributed by atoms with van der Waals surface area (Å²) in [5, 5.41) is 1.02. The minimum atomic E-state index is -0.176. The molecule has 2 aromatic rings. The van der Waals surface area contributed by atoms with Crippen molar-refractivity contribution in [3.8, 4) is 0 Å². The monoisotopic (exact) mass is 266 g/mol. The molecular formula is C11H11BrN2O. The zero-order chi connectivity index (χ0) is 11.0. The fraction of sp³-hybridized carbons (Fsp3) is 0.273. The zero-order valence-corrected chi connectivity index (χ0v) is 10.2. The van der Waals surface area contributed by atoms with Crippen molar-refractivity contribution in [3.05, 3.63) is 38.9 Å². The Labute approximate surface area is 95.9 Å². The lowest BCUT2D eigenvalue weighted by Gasteiger charge is -2.08. The molecule has 0 radical (unpaired) electrons. The lowest BCUT2D eigenvalue weighted by Crippen LogP contribution is -2.23. The van der Waals surface area contributed by atoms with E-state index in [9.17, 15) is 4.79 Å². The topological polar surface area (TPSA) is 34.9 Å². The zero-order valence-electron chi connectivity index (χ0n) is 8.62. The molecule has 3 nitrogen and oxygen atoms in total. The van der Waals surface area contributed by atoms with Crippen LogP contribution in [0.3, 0.4) is 0 Å². The van der Waals surface area contributed by atoms with E-state index in [0.29, 0.717) is 6.54 Å². The molecular weight excluding hydrogens is 256 g/mol. The summed E-state index contributed by atoms with van der Waals surface area (Å²) in [6.07, 6.45) is 0. The summed E-state index contributed by atoms with van der Waals surface area (Å²) < 4.78 is 2.68. The first kappa shape index (κ1) is 10.4. The van der Waals surface area contributed by atoms with Crippen molar-refractivity contribution in [2.75, 3.05) is 0 Å². The molecule has 0 bridgehead atoms. The van der Waals surface area contributed by atoms with E-state index in [-0.39, 0.29) is 5.69 Å². The van der Waals surface area contributed by atoms with Crippen LogP contribution in [-0.2, 0) is 6.54 Å².